The highest BCUT2D eigenvalue weighted by Crippen LogP contribution is 1.97. The second kappa shape index (κ2) is 9.10. The molecule has 2 aromatic rings. The first-order chi connectivity index (χ1) is 10.4. The number of pyridine rings is 1. The maximum absolute atomic E-state index is 11.5. The molecule has 0 aliphatic carbocycles. The first kappa shape index (κ1) is 15.5. The minimum absolute atomic E-state index is 0.0191. The summed E-state index contributed by atoms with van der Waals surface area (Å²) in [6.45, 7) is 3.71. The Balaban J connectivity index is 1.49. The van der Waals surface area contributed by atoms with Gasteiger partial charge >= 0.3 is 0 Å². The van der Waals surface area contributed by atoms with E-state index in [0.717, 1.165) is 19.5 Å². The summed E-state index contributed by atoms with van der Waals surface area (Å²) in [6, 6.07) is 15.5. The molecule has 1 aromatic carbocycles. The molecule has 4 heteroatoms. The lowest BCUT2D eigenvalue weighted by Gasteiger charge is -2.07. The number of nitrogens with zero attached hydrogens (tertiary/aromatic N) is 1. The van der Waals surface area contributed by atoms with Crippen LogP contribution in [0.1, 0.15) is 12.0 Å². The first-order valence-corrected chi connectivity index (χ1v) is 7.34. The zero-order chi connectivity index (χ0) is 14.8. The Morgan fingerprint density at radius 2 is 1.81 bits per heavy atom. The molecule has 0 radical (unpaired) electrons. The van der Waals surface area contributed by atoms with Crippen LogP contribution >= 0.6 is 0 Å². The second-order valence-electron chi connectivity index (χ2n) is 4.86. The Morgan fingerprint density at radius 1 is 1.00 bits per heavy atom. The van der Waals surface area contributed by atoms with E-state index >= 15 is 0 Å². The van der Waals surface area contributed by atoms with Crippen molar-refractivity contribution in [2.45, 2.75) is 19.5 Å². The Morgan fingerprint density at radius 3 is 2.62 bits per heavy atom. The van der Waals surface area contributed by atoms with Crippen molar-refractivity contribution in [1.82, 2.24) is 9.88 Å². The minimum Gasteiger partial charge on any atom is -0.380 e. The SMILES string of the molecule is O=c1ccccn1CCOCCCNCc1ccccc1. The van der Waals surface area contributed by atoms with E-state index in [1.165, 1.54) is 5.56 Å². The third-order valence-corrected chi connectivity index (χ3v) is 3.19. The normalized spacial score (nSPS) is 10.7. The number of ether oxygens (including phenoxy) is 1. The lowest BCUT2D eigenvalue weighted by atomic mass is 10.2. The summed E-state index contributed by atoms with van der Waals surface area (Å²) in [5.41, 5.74) is 1.31. The summed E-state index contributed by atoms with van der Waals surface area (Å²) in [7, 11) is 0. The van der Waals surface area contributed by atoms with Crippen LogP contribution in [0, 0.1) is 0 Å². The summed E-state index contributed by atoms with van der Waals surface area (Å²) in [5, 5.41) is 3.38. The van der Waals surface area contributed by atoms with E-state index in [1.807, 2.05) is 24.3 Å². The van der Waals surface area contributed by atoms with E-state index in [2.05, 4.69) is 17.4 Å². The highest BCUT2D eigenvalue weighted by Gasteiger charge is 1.95. The molecule has 0 spiro atoms. The smallest absolute Gasteiger partial charge is 0.250 e. The average Bonchev–Trinajstić information content (AvgIpc) is 2.52. The average molecular weight is 286 g/mol. The zero-order valence-electron chi connectivity index (χ0n) is 12.2. The fourth-order valence-corrected chi connectivity index (χ4v) is 2.04. The molecule has 4 nitrogen and oxygen atoms in total. The number of hydrogen-bond donors (Lipinski definition) is 1. The largest absolute Gasteiger partial charge is 0.380 e. The molecular formula is C17H22N2O2. The van der Waals surface area contributed by atoms with Gasteiger partial charge in [-0.15, -0.1) is 0 Å². The summed E-state index contributed by atoms with van der Waals surface area (Å²) in [4.78, 5) is 11.5. The van der Waals surface area contributed by atoms with Crippen LogP contribution in [0.15, 0.2) is 59.5 Å². The quantitative estimate of drug-likeness (QED) is 0.717. The van der Waals surface area contributed by atoms with E-state index in [1.54, 1.807) is 22.9 Å². The minimum atomic E-state index is 0.0191. The van der Waals surface area contributed by atoms with Crippen molar-refractivity contribution in [2.24, 2.45) is 0 Å². The van der Waals surface area contributed by atoms with E-state index in [-0.39, 0.29) is 5.56 Å². The molecule has 0 saturated carbocycles. The molecule has 0 saturated heterocycles. The fraction of sp³-hybridized carbons (Fsp3) is 0.353. The van der Waals surface area contributed by atoms with Crippen LogP contribution in [-0.4, -0.2) is 24.3 Å². The van der Waals surface area contributed by atoms with Gasteiger partial charge in [-0.3, -0.25) is 4.79 Å². The van der Waals surface area contributed by atoms with Crippen LogP contribution in [0.25, 0.3) is 0 Å². The van der Waals surface area contributed by atoms with Crippen LogP contribution in [-0.2, 0) is 17.8 Å². The Hall–Kier alpha value is -1.91. The van der Waals surface area contributed by atoms with Gasteiger partial charge < -0.3 is 14.6 Å². The van der Waals surface area contributed by atoms with Gasteiger partial charge in [0.05, 0.1) is 6.61 Å². The fourth-order valence-electron chi connectivity index (χ4n) is 2.04. The van der Waals surface area contributed by atoms with E-state index < -0.39 is 0 Å². The van der Waals surface area contributed by atoms with Crippen molar-refractivity contribution in [3.8, 4) is 0 Å². The van der Waals surface area contributed by atoms with Gasteiger partial charge in [0.1, 0.15) is 0 Å². The first-order valence-electron chi connectivity index (χ1n) is 7.34. The maximum atomic E-state index is 11.5. The molecule has 0 aliphatic rings. The van der Waals surface area contributed by atoms with E-state index in [9.17, 15) is 4.79 Å². The van der Waals surface area contributed by atoms with Gasteiger partial charge in [-0.25, -0.2) is 0 Å². The van der Waals surface area contributed by atoms with Crippen molar-refractivity contribution in [3.63, 3.8) is 0 Å². The van der Waals surface area contributed by atoms with Gasteiger partial charge in [0.15, 0.2) is 0 Å². The standard InChI is InChI=1S/C17H22N2O2/c20-17-9-4-5-11-19(17)12-14-21-13-6-10-18-15-16-7-2-1-3-8-16/h1-5,7-9,11,18H,6,10,12-15H2. The Bertz CT molecular complexity index is 566. The zero-order valence-corrected chi connectivity index (χ0v) is 12.2. The number of aromatic nitrogens is 1. The molecule has 0 bridgehead atoms. The number of rotatable bonds is 9. The molecule has 1 N–H and O–H groups in total. The Kier molecular flexibility index (Phi) is 6.71. The molecule has 0 fully saturated rings. The predicted octanol–water partition coefficient (Wildman–Crippen LogP) is 2.04. The van der Waals surface area contributed by atoms with Crippen molar-refractivity contribution in [3.05, 3.63) is 70.6 Å². The van der Waals surface area contributed by atoms with Gasteiger partial charge in [0.2, 0.25) is 0 Å². The Labute approximate surface area is 125 Å². The number of benzene rings is 1. The van der Waals surface area contributed by atoms with Crippen molar-refractivity contribution >= 4 is 0 Å². The van der Waals surface area contributed by atoms with Crippen LogP contribution in [0.2, 0.25) is 0 Å². The third kappa shape index (κ3) is 5.94. The summed E-state index contributed by atoms with van der Waals surface area (Å²) in [6.07, 6.45) is 2.75. The monoisotopic (exact) mass is 286 g/mol. The molecule has 1 aromatic heterocycles. The molecule has 0 aliphatic heterocycles. The van der Waals surface area contributed by atoms with E-state index in [4.69, 9.17) is 4.74 Å². The molecule has 2 rings (SSSR count). The highest BCUT2D eigenvalue weighted by molar-refractivity contribution is 5.14. The molecule has 0 atom stereocenters. The lowest BCUT2D eigenvalue weighted by molar-refractivity contribution is 0.123. The predicted molar refractivity (Wildman–Crippen MR) is 84.3 cm³/mol. The van der Waals surface area contributed by atoms with Crippen LogP contribution in [0.4, 0.5) is 0 Å². The molecule has 0 amide bonds. The summed E-state index contributed by atoms with van der Waals surface area (Å²) < 4.78 is 7.21. The highest BCUT2D eigenvalue weighted by atomic mass is 16.5. The topological polar surface area (TPSA) is 43.3 Å². The summed E-state index contributed by atoms with van der Waals surface area (Å²) >= 11 is 0. The van der Waals surface area contributed by atoms with Crippen molar-refractivity contribution in [1.29, 1.82) is 0 Å². The van der Waals surface area contributed by atoms with Gasteiger partial charge in [-0.1, -0.05) is 36.4 Å². The number of nitrogens with one attached hydrogen (secondary N) is 1. The van der Waals surface area contributed by atoms with E-state index in [0.29, 0.717) is 19.8 Å². The van der Waals surface area contributed by atoms with Crippen LogP contribution in [0.3, 0.4) is 0 Å². The lowest BCUT2D eigenvalue weighted by Crippen LogP contribution is -2.21. The van der Waals surface area contributed by atoms with Crippen molar-refractivity contribution < 1.29 is 4.74 Å². The molecule has 0 unspecified atom stereocenters. The second-order valence-corrected chi connectivity index (χ2v) is 4.86. The van der Waals surface area contributed by atoms with Crippen LogP contribution in [0.5, 0.6) is 0 Å². The van der Waals surface area contributed by atoms with Gasteiger partial charge in [0.25, 0.3) is 5.56 Å². The van der Waals surface area contributed by atoms with Gasteiger partial charge in [-0.05, 0) is 24.6 Å². The number of hydrogen-bond acceptors (Lipinski definition) is 3. The third-order valence-electron chi connectivity index (χ3n) is 3.19. The molecule has 112 valence electrons. The van der Waals surface area contributed by atoms with Crippen molar-refractivity contribution in [2.75, 3.05) is 19.8 Å². The summed E-state index contributed by atoms with van der Waals surface area (Å²) in [5.74, 6) is 0. The molecule has 21 heavy (non-hydrogen) atoms. The maximum Gasteiger partial charge on any atom is 0.250 e. The van der Waals surface area contributed by atoms with Gasteiger partial charge in [0, 0.05) is 32.0 Å². The molecular weight excluding hydrogens is 264 g/mol. The molecule has 1 heterocycles. The van der Waals surface area contributed by atoms with Gasteiger partial charge in [-0.2, -0.15) is 0 Å². The van der Waals surface area contributed by atoms with Crippen LogP contribution < -0.4 is 10.9 Å².